The van der Waals surface area contributed by atoms with Gasteiger partial charge in [0.25, 0.3) is 5.91 Å². The van der Waals surface area contributed by atoms with Gasteiger partial charge in [-0.3, -0.25) is 4.79 Å². The Bertz CT molecular complexity index is 636. The Kier molecular flexibility index (Phi) is 5.00. The third kappa shape index (κ3) is 3.62. The molecule has 0 spiro atoms. The molecule has 4 nitrogen and oxygen atoms in total. The molecule has 1 aromatic carbocycles. The maximum atomic E-state index is 12.1. The van der Waals surface area contributed by atoms with Crippen LogP contribution in [0.3, 0.4) is 0 Å². The molecule has 1 amide bonds. The molecule has 0 radical (unpaired) electrons. The summed E-state index contributed by atoms with van der Waals surface area (Å²) in [5, 5.41) is 0.849. The summed E-state index contributed by atoms with van der Waals surface area (Å²) in [6.07, 6.45) is 1.91. The Morgan fingerprint density at radius 3 is 2.77 bits per heavy atom. The number of aliphatic imine (C=N–C) groups is 1. The molecule has 0 aliphatic carbocycles. The Hall–Kier alpha value is -1.11. The van der Waals surface area contributed by atoms with Crippen LogP contribution in [-0.4, -0.2) is 53.6 Å². The molecule has 2 heterocycles. The second-order valence-corrected chi connectivity index (χ2v) is 7.21. The standard InChI is InChI=1S/C16H18BrN3OS/c1-2-19-6-8-20(9-7-19)16-18-15(21)14(22-16)11-12-4-3-5-13(17)10-12/h3-5,10-11H,2,6-9H2,1H3. The van der Waals surface area contributed by atoms with Crippen LogP contribution in [0.1, 0.15) is 12.5 Å². The number of amides is 1. The van der Waals surface area contributed by atoms with Crippen molar-refractivity contribution in [2.24, 2.45) is 4.99 Å². The third-order valence-electron chi connectivity index (χ3n) is 3.85. The molecule has 0 atom stereocenters. The van der Waals surface area contributed by atoms with Crippen LogP contribution in [-0.2, 0) is 4.79 Å². The Morgan fingerprint density at radius 2 is 2.09 bits per heavy atom. The minimum Gasteiger partial charge on any atom is -0.348 e. The van der Waals surface area contributed by atoms with E-state index in [1.165, 1.54) is 11.8 Å². The number of benzene rings is 1. The highest BCUT2D eigenvalue weighted by molar-refractivity contribution is 9.10. The van der Waals surface area contributed by atoms with Crippen LogP contribution in [0.25, 0.3) is 6.08 Å². The van der Waals surface area contributed by atoms with E-state index in [9.17, 15) is 4.79 Å². The van der Waals surface area contributed by atoms with Crippen LogP contribution < -0.4 is 0 Å². The Morgan fingerprint density at radius 1 is 1.32 bits per heavy atom. The van der Waals surface area contributed by atoms with Crippen LogP contribution in [0.2, 0.25) is 0 Å². The van der Waals surface area contributed by atoms with Crippen molar-refractivity contribution in [3.05, 3.63) is 39.2 Å². The SMILES string of the molecule is CCN1CCN(C2=NC(=O)C(=Cc3cccc(Br)c3)S2)CC1. The normalized spacial score (nSPS) is 21.5. The number of nitrogens with zero attached hydrogens (tertiary/aromatic N) is 3. The van der Waals surface area contributed by atoms with Gasteiger partial charge in [-0.25, -0.2) is 0 Å². The first kappa shape index (κ1) is 15.8. The fourth-order valence-electron chi connectivity index (χ4n) is 2.54. The summed E-state index contributed by atoms with van der Waals surface area (Å²) < 4.78 is 1.01. The van der Waals surface area contributed by atoms with Crippen molar-refractivity contribution in [2.75, 3.05) is 32.7 Å². The Balaban J connectivity index is 1.69. The van der Waals surface area contributed by atoms with Gasteiger partial charge in [0.05, 0.1) is 4.91 Å². The predicted molar refractivity (Wildman–Crippen MR) is 95.8 cm³/mol. The quantitative estimate of drug-likeness (QED) is 0.739. The van der Waals surface area contributed by atoms with Gasteiger partial charge in [-0.2, -0.15) is 4.99 Å². The van der Waals surface area contributed by atoms with E-state index < -0.39 is 0 Å². The molecular weight excluding hydrogens is 362 g/mol. The van der Waals surface area contributed by atoms with Crippen molar-refractivity contribution in [1.29, 1.82) is 0 Å². The van der Waals surface area contributed by atoms with E-state index in [1.54, 1.807) is 0 Å². The first-order valence-corrected chi connectivity index (χ1v) is 9.02. The smallest absolute Gasteiger partial charge is 0.286 e. The number of likely N-dealkylation sites (N-methyl/N-ethyl adjacent to an activating group) is 1. The van der Waals surface area contributed by atoms with E-state index in [1.807, 2.05) is 30.3 Å². The van der Waals surface area contributed by atoms with Gasteiger partial charge in [0.15, 0.2) is 5.17 Å². The topological polar surface area (TPSA) is 35.9 Å². The number of rotatable bonds is 2. The molecule has 2 aliphatic rings. The molecule has 0 bridgehead atoms. The molecular formula is C16H18BrN3OS. The summed E-state index contributed by atoms with van der Waals surface area (Å²) >= 11 is 4.94. The molecule has 1 saturated heterocycles. The fraction of sp³-hybridized carbons (Fsp3) is 0.375. The van der Waals surface area contributed by atoms with Gasteiger partial charge >= 0.3 is 0 Å². The number of piperazine rings is 1. The lowest BCUT2D eigenvalue weighted by molar-refractivity contribution is -0.113. The number of amidine groups is 1. The zero-order valence-corrected chi connectivity index (χ0v) is 14.9. The predicted octanol–water partition coefficient (Wildman–Crippen LogP) is 3.06. The number of hydrogen-bond acceptors (Lipinski definition) is 4. The maximum Gasteiger partial charge on any atom is 0.286 e. The highest BCUT2D eigenvalue weighted by Crippen LogP contribution is 2.31. The first-order valence-electron chi connectivity index (χ1n) is 7.41. The number of halogens is 1. The first-order chi connectivity index (χ1) is 10.7. The van der Waals surface area contributed by atoms with Crippen molar-refractivity contribution in [3.8, 4) is 0 Å². The molecule has 0 N–H and O–H groups in total. The van der Waals surface area contributed by atoms with E-state index in [0.29, 0.717) is 4.91 Å². The van der Waals surface area contributed by atoms with Crippen molar-refractivity contribution >= 4 is 44.8 Å². The number of thioether (sulfide) groups is 1. The number of carbonyl (C=O) groups is 1. The zero-order chi connectivity index (χ0) is 15.5. The minimum atomic E-state index is -0.127. The van der Waals surface area contributed by atoms with Crippen LogP contribution in [0.4, 0.5) is 0 Å². The third-order valence-corrected chi connectivity index (χ3v) is 5.38. The van der Waals surface area contributed by atoms with Gasteiger partial charge in [-0.05, 0) is 42.1 Å². The maximum absolute atomic E-state index is 12.1. The monoisotopic (exact) mass is 379 g/mol. The highest BCUT2D eigenvalue weighted by atomic mass is 79.9. The summed E-state index contributed by atoms with van der Waals surface area (Å²) in [7, 11) is 0. The molecule has 0 saturated carbocycles. The van der Waals surface area contributed by atoms with Gasteiger partial charge in [0.1, 0.15) is 0 Å². The van der Waals surface area contributed by atoms with Gasteiger partial charge in [0.2, 0.25) is 0 Å². The molecule has 1 aromatic rings. The van der Waals surface area contributed by atoms with Crippen LogP contribution in [0, 0.1) is 0 Å². The average Bonchev–Trinajstić information content (AvgIpc) is 2.88. The van der Waals surface area contributed by atoms with E-state index >= 15 is 0 Å². The summed E-state index contributed by atoms with van der Waals surface area (Å²) in [4.78, 5) is 21.7. The van der Waals surface area contributed by atoms with E-state index in [2.05, 4.69) is 37.6 Å². The van der Waals surface area contributed by atoms with Crippen LogP contribution in [0.5, 0.6) is 0 Å². The van der Waals surface area contributed by atoms with Crippen molar-refractivity contribution in [1.82, 2.24) is 9.80 Å². The second kappa shape index (κ2) is 6.98. The molecule has 1 fully saturated rings. The Labute approximate surface area is 143 Å². The summed E-state index contributed by atoms with van der Waals surface area (Å²) in [6, 6.07) is 7.93. The lowest BCUT2D eigenvalue weighted by Gasteiger charge is -2.34. The molecule has 116 valence electrons. The molecule has 22 heavy (non-hydrogen) atoms. The van der Waals surface area contributed by atoms with E-state index in [4.69, 9.17) is 0 Å². The summed E-state index contributed by atoms with van der Waals surface area (Å²) in [5.74, 6) is -0.127. The summed E-state index contributed by atoms with van der Waals surface area (Å²) in [5.41, 5.74) is 1.01. The highest BCUT2D eigenvalue weighted by Gasteiger charge is 2.28. The largest absolute Gasteiger partial charge is 0.348 e. The molecule has 2 aliphatic heterocycles. The number of carbonyl (C=O) groups excluding carboxylic acids is 1. The van der Waals surface area contributed by atoms with Crippen molar-refractivity contribution in [2.45, 2.75) is 6.92 Å². The van der Waals surface area contributed by atoms with Crippen molar-refractivity contribution < 1.29 is 4.79 Å². The minimum absolute atomic E-state index is 0.127. The van der Waals surface area contributed by atoms with Crippen LogP contribution in [0.15, 0.2) is 38.6 Å². The molecule has 6 heteroatoms. The molecule has 0 unspecified atom stereocenters. The zero-order valence-electron chi connectivity index (χ0n) is 12.5. The number of hydrogen-bond donors (Lipinski definition) is 0. The molecule has 3 rings (SSSR count). The average molecular weight is 380 g/mol. The lowest BCUT2D eigenvalue weighted by Crippen LogP contribution is -2.47. The fourth-order valence-corrected chi connectivity index (χ4v) is 3.92. The lowest BCUT2D eigenvalue weighted by atomic mass is 10.2. The van der Waals surface area contributed by atoms with Gasteiger partial charge < -0.3 is 9.80 Å². The van der Waals surface area contributed by atoms with Crippen molar-refractivity contribution in [3.63, 3.8) is 0 Å². The second-order valence-electron chi connectivity index (χ2n) is 5.29. The van der Waals surface area contributed by atoms with E-state index in [0.717, 1.165) is 47.9 Å². The van der Waals surface area contributed by atoms with Gasteiger partial charge in [0, 0.05) is 30.7 Å². The van der Waals surface area contributed by atoms with Gasteiger partial charge in [-0.1, -0.05) is 35.0 Å². The summed E-state index contributed by atoms with van der Waals surface area (Å²) in [6.45, 7) is 7.22. The van der Waals surface area contributed by atoms with E-state index in [-0.39, 0.29) is 5.91 Å². The molecule has 0 aromatic heterocycles. The van der Waals surface area contributed by atoms with Gasteiger partial charge in [-0.15, -0.1) is 0 Å². The van der Waals surface area contributed by atoms with Crippen LogP contribution >= 0.6 is 27.7 Å².